The number of anilines is 1. The van der Waals surface area contributed by atoms with Crippen LogP contribution in [0.25, 0.3) is 0 Å². The largest absolute Gasteiger partial charge is 0.414 e. The molecule has 0 aliphatic rings. The van der Waals surface area contributed by atoms with Crippen LogP contribution in [0.4, 0.5) is 10.6 Å². The number of rotatable bonds is 6. The minimum atomic E-state index is -0.641. The average Bonchev–Trinajstić information content (AvgIpc) is 2.88. The second-order valence-electron chi connectivity index (χ2n) is 5.27. The molecule has 0 spiro atoms. The molecule has 0 bridgehead atoms. The molecule has 1 heterocycles. The number of nitrogens with one attached hydrogen (secondary N) is 3. The van der Waals surface area contributed by atoms with Gasteiger partial charge in [-0.15, -0.1) is 5.10 Å². The summed E-state index contributed by atoms with van der Waals surface area (Å²) in [5.74, 6) is -0.158. The van der Waals surface area contributed by atoms with E-state index < -0.39 is 12.0 Å². The second kappa shape index (κ2) is 8.84. The molecule has 10 heteroatoms. The van der Waals surface area contributed by atoms with Gasteiger partial charge in [0.15, 0.2) is 0 Å². The fourth-order valence-electron chi connectivity index (χ4n) is 1.79. The molecule has 8 nitrogen and oxygen atoms in total. The molecule has 2 amide bonds. The van der Waals surface area contributed by atoms with Gasteiger partial charge in [-0.2, -0.15) is 0 Å². The maximum atomic E-state index is 12.2. The van der Waals surface area contributed by atoms with Crippen LogP contribution in [0.1, 0.15) is 10.4 Å². The quantitative estimate of drug-likeness (QED) is 0.654. The van der Waals surface area contributed by atoms with Crippen LogP contribution < -0.4 is 15.4 Å². The zero-order valence-electron chi connectivity index (χ0n) is 13.6. The SMILES string of the molecule is CN(C)CCNC(=O)Oc1n[nH]c(NC(=O)c2ccccc2Cl)c1Br. The summed E-state index contributed by atoms with van der Waals surface area (Å²) in [6.07, 6.45) is -0.641. The average molecular weight is 431 g/mol. The molecular weight excluding hydrogens is 414 g/mol. The number of nitrogens with zero attached hydrogens (tertiary/aromatic N) is 2. The Morgan fingerprint density at radius 1 is 1.36 bits per heavy atom. The molecule has 0 radical (unpaired) electrons. The number of ether oxygens (including phenoxy) is 1. The van der Waals surface area contributed by atoms with Crippen molar-refractivity contribution in [3.63, 3.8) is 0 Å². The van der Waals surface area contributed by atoms with Gasteiger partial charge in [0.2, 0.25) is 0 Å². The van der Waals surface area contributed by atoms with Crippen LogP contribution in [0.15, 0.2) is 28.7 Å². The Kier molecular flexibility index (Phi) is 6.80. The van der Waals surface area contributed by atoms with Crippen LogP contribution >= 0.6 is 27.5 Å². The van der Waals surface area contributed by atoms with Crippen LogP contribution in [0.5, 0.6) is 5.88 Å². The van der Waals surface area contributed by atoms with Crippen LogP contribution in [0, 0.1) is 0 Å². The Hall–Kier alpha value is -2.10. The van der Waals surface area contributed by atoms with E-state index in [1.165, 1.54) is 0 Å². The lowest BCUT2D eigenvalue weighted by Crippen LogP contribution is -2.33. The van der Waals surface area contributed by atoms with Crippen molar-refractivity contribution in [3.8, 4) is 5.88 Å². The molecule has 0 saturated heterocycles. The monoisotopic (exact) mass is 429 g/mol. The summed E-state index contributed by atoms with van der Waals surface area (Å²) >= 11 is 9.23. The number of aromatic amines is 1. The summed E-state index contributed by atoms with van der Waals surface area (Å²) in [6, 6.07) is 6.64. The number of hydrogen-bond donors (Lipinski definition) is 3. The highest BCUT2D eigenvalue weighted by Crippen LogP contribution is 2.30. The number of carbonyl (C=O) groups excluding carboxylic acids is 2. The van der Waals surface area contributed by atoms with Gasteiger partial charge in [0, 0.05) is 13.1 Å². The van der Waals surface area contributed by atoms with Gasteiger partial charge in [0.25, 0.3) is 11.8 Å². The molecule has 0 atom stereocenters. The van der Waals surface area contributed by atoms with E-state index >= 15 is 0 Å². The molecule has 134 valence electrons. The number of likely N-dealkylation sites (N-methyl/N-ethyl adjacent to an activating group) is 1. The number of aromatic nitrogens is 2. The van der Waals surface area contributed by atoms with Crippen molar-refractivity contribution in [2.45, 2.75) is 0 Å². The minimum Gasteiger partial charge on any atom is -0.388 e. The Morgan fingerprint density at radius 2 is 2.08 bits per heavy atom. The summed E-state index contributed by atoms with van der Waals surface area (Å²) in [5, 5.41) is 12.0. The Labute approximate surface area is 158 Å². The van der Waals surface area contributed by atoms with Gasteiger partial charge in [0.1, 0.15) is 10.3 Å². The molecule has 0 saturated carbocycles. The van der Waals surface area contributed by atoms with Gasteiger partial charge in [-0.1, -0.05) is 23.7 Å². The highest BCUT2D eigenvalue weighted by Gasteiger charge is 2.18. The van der Waals surface area contributed by atoms with Crippen molar-refractivity contribution in [2.24, 2.45) is 0 Å². The lowest BCUT2D eigenvalue weighted by Gasteiger charge is -2.09. The smallest absolute Gasteiger partial charge is 0.388 e. The standard InChI is InChI=1S/C15H17BrClN5O3/c1-22(2)8-7-18-15(24)25-14-11(16)12(20-21-14)19-13(23)9-5-3-4-6-10(9)17/h3-6H,7-8H2,1-2H3,(H,18,24)(H2,19,20,21,23). The zero-order chi connectivity index (χ0) is 18.4. The predicted molar refractivity (Wildman–Crippen MR) is 98.3 cm³/mol. The molecule has 1 aromatic carbocycles. The van der Waals surface area contributed by atoms with Crippen molar-refractivity contribution >= 4 is 45.3 Å². The number of amides is 2. The predicted octanol–water partition coefficient (Wildman–Crippen LogP) is 2.73. The van der Waals surface area contributed by atoms with Gasteiger partial charge >= 0.3 is 6.09 Å². The van der Waals surface area contributed by atoms with E-state index in [0.717, 1.165) is 0 Å². The third-order valence-electron chi connectivity index (χ3n) is 3.05. The molecule has 0 aliphatic heterocycles. The normalized spacial score (nSPS) is 10.6. The Balaban J connectivity index is 1.97. The summed E-state index contributed by atoms with van der Waals surface area (Å²) < 4.78 is 5.40. The summed E-state index contributed by atoms with van der Waals surface area (Å²) in [7, 11) is 3.79. The van der Waals surface area contributed by atoms with Crippen molar-refractivity contribution in [3.05, 3.63) is 39.3 Å². The first-order valence-corrected chi connectivity index (χ1v) is 8.45. The number of H-pyrrole nitrogens is 1. The molecule has 3 N–H and O–H groups in total. The molecular formula is C15H17BrClN5O3. The number of halogens is 2. The lowest BCUT2D eigenvalue weighted by atomic mass is 10.2. The number of benzene rings is 1. The molecule has 0 unspecified atom stereocenters. The molecule has 0 fully saturated rings. The second-order valence-corrected chi connectivity index (χ2v) is 6.47. The van der Waals surface area contributed by atoms with Crippen molar-refractivity contribution in [1.82, 2.24) is 20.4 Å². The minimum absolute atomic E-state index is 0.0109. The van der Waals surface area contributed by atoms with Crippen LogP contribution in [0.3, 0.4) is 0 Å². The fraction of sp³-hybridized carbons (Fsp3) is 0.267. The Morgan fingerprint density at radius 3 is 2.76 bits per heavy atom. The van der Waals surface area contributed by atoms with Crippen LogP contribution in [-0.4, -0.2) is 54.3 Å². The maximum Gasteiger partial charge on any atom is 0.414 e. The highest BCUT2D eigenvalue weighted by atomic mass is 79.9. The van der Waals surface area contributed by atoms with Gasteiger partial charge in [-0.25, -0.2) is 4.79 Å². The van der Waals surface area contributed by atoms with Gasteiger partial charge in [0.05, 0.1) is 10.6 Å². The third kappa shape index (κ3) is 5.45. The van der Waals surface area contributed by atoms with E-state index in [4.69, 9.17) is 16.3 Å². The topological polar surface area (TPSA) is 99.3 Å². The lowest BCUT2D eigenvalue weighted by molar-refractivity contribution is 0.102. The maximum absolute atomic E-state index is 12.2. The molecule has 2 aromatic rings. The number of hydrogen-bond acceptors (Lipinski definition) is 5. The van der Waals surface area contributed by atoms with E-state index in [0.29, 0.717) is 28.1 Å². The van der Waals surface area contributed by atoms with Gasteiger partial charge in [-0.05, 0) is 42.2 Å². The summed E-state index contributed by atoms with van der Waals surface area (Å²) in [4.78, 5) is 25.9. The summed E-state index contributed by atoms with van der Waals surface area (Å²) in [6.45, 7) is 1.11. The molecule has 1 aromatic heterocycles. The van der Waals surface area contributed by atoms with Crippen LogP contribution in [-0.2, 0) is 0 Å². The van der Waals surface area contributed by atoms with Gasteiger partial charge in [-0.3, -0.25) is 9.89 Å². The first-order valence-electron chi connectivity index (χ1n) is 7.28. The van der Waals surface area contributed by atoms with Crippen molar-refractivity contribution < 1.29 is 14.3 Å². The van der Waals surface area contributed by atoms with Crippen molar-refractivity contribution in [2.75, 3.05) is 32.5 Å². The van der Waals surface area contributed by atoms with Crippen LogP contribution in [0.2, 0.25) is 5.02 Å². The fourth-order valence-corrected chi connectivity index (χ4v) is 2.37. The highest BCUT2D eigenvalue weighted by molar-refractivity contribution is 9.10. The van der Waals surface area contributed by atoms with E-state index in [2.05, 4.69) is 36.8 Å². The molecule has 25 heavy (non-hydrogen) atoms. The molecule has 0 aliphatic carbocycles. The first kappa shape index (κ1) is 19.2. The summed E-state index contributed by atoms with van der Waals surface area (Å²) in [5.41, 5.74) is 0.314. The van der Waals surface area contributed by atoms with E-state index in [1.54, 1.807) is 24.3 Å². The Bertz CT molecular complexity index is 765. The first-order chi connectivity index (χ1) is 11.9. The van der Waals surface area contributed by atoms with Gasteiger partial charge < -0.3 is 20.3 Å². The zero-order valence-corrected chi connectivity index (χ0v) is 15.9. The number of carbonyl (C=O) groups is 2. The van der Waals surface area contributed by atoms with Crippen molar-refractivity contribution in [1.29, 1.82) is 0 Å². The van der Waals surface area contributed by atoms with E-state index in [9.17, 15) is 9.59 Å². The molecule has 2 rings (SSSR count). The van der Waals surface area contributed by atoms with E-state index in [1.807, 2.05) is 19.0 Å². The van der Waals surface area contributed by atoms with E-state index in [-0.39, 0.29) is 11.7 Å². The third-order valence-corrected chi connectivity index (χ3v) is 4.12.